The van der Waals surface area contributed by atoms with Crippen molar-refractivity contribution in [3.8, 4) is 0 Å². The van der Waals surface area contributed by atoms with Crippen LogP contribution in [-0.4, -0.2) is 0 Å². The summed E-state index contributed by atoms with van der Waals surface area (Å²) in [6, 6.07) is 15.4. The number of allylic oxidation sites excluding steroid dienone is 1. The molecule has 2 unspecified atom stereocenters. The van der Waals surface area contributed by atoms with Crippen LogP contribution in [0.25, 0.3) is 16.8 Å². The van der Waals surface area contributed by atoms with E-state index in [0.717, 1.165) is 11.8 Å². The van der Waals surface area contributed by atoms with Gasteiger partial charge in [0.15, 0.2) is 0 Å². The van der Waals surface area contributed by atoms with E-state index >= 15 is 0 Å². The molecule has 0 spiro atoms. The fourth-order valence-corrected chi connectivity index (χ4v) is 3.85. The van der Waals surface area contributed by atoms with Crippen LogP contribution in [0.1, 0.15) is 31.2 Å². The van der Waals surface area contributed by atoms with Gasteiger partial charge in [0.25, 0.3) is 0 Å². The molecule has 90 valence electrons. The van der Waals surface area contributed by atoms with E-state index in [1.54, 1.807) is 5.57 Å². The Kier molecular flexibility index (Phi) is 2.29. The Morgan fingerprint density at radius 3 is 2.67 bits per heavy atom. The standard InChI is InChI=1S/C18H18/c1-2-7-18-14(4-1)5-3-6-16(18)12-17-11-13-8-9-15(17)10-13/h1-7,12-13,15H,8-11H2/b17-12+. The van der Waals surface area contributed by atoms with E-state index in [4.69, 9.17) is 0 Å². The lowest BCUT2D eigenvalue weighted by Gasteiger charge is -2.13. The lowest BCUT2D eigenvalue weighted by molar-refractivity contribution is 0.563. The van der Waals surface area contributed by atoms with Crippen molar-refractivity contribution in [3.05, 3.63) is 53.6 Å². The Labute approximate surface area is 108 Å². The maximum atomic E-state index is 2.48. The molecule has 0 aliphatic heterocycles. The lowest BCUT2D eigenvalue weighted by Crippen LogP contribution is -1.97. The first kappa shape index (κ1) is 10.4. The van der Waals surface area contributed by atoms with E-state index in [9.17, 15) is 0 Å². The van der Waals surface area contributed by atoms with E-state index in [1.165, 1.54) is 42.0 Å². The van der Waals surface area contributed by atoms with Crippen molar-refractivity contribution in [2.24, 2.45) is 11.8 Å². The molecular formula is C18H18. The normalized spacial score (nSPS) is 28.3. The summed E-state index contributed by atoms with van der Waals surface area (Å²) in [6.45, 7) is 0. The Morgan fingerprint density at radius 2 is 1.83 bits per heavy atom. The van der Waals surface area contributed by atoms with Gasteiger partial charge in [-0.15, -0.1) is 0 Å². The van der Waals surface area contributed by atoms with Gasteiger partial charge in [-0.3, -0.25) is 0 Å². The van der Waals surface area contributed by atoms with Gasteiger partial charge in [-0.1, -0.05) is 54.1 Å². The zero-order valence-corrected chi connectivity index (χ0v) is 10.6. The van der Waals surface area contributed by atoms with Crippen LogP contribution >= 0.6 is 0 Å². The highest BCUT2D eigenvalue weighted by atomic mass is 14.4. The van der Waals surface area contributed by atoms with E-state index < -0.39 is 0 Å². The monoisotopic (exact) mass is 234 g/mol. The van der Waals surface area contributed by atoms with Crippen molar-refractivity contribution in [1.82, 2.24) is 0 Å². The molecule has 2 atom stereocenters. The summed E-state index contributed by atoms with van der Waals surface area (Å²) >= 11 is 0. The van der Waals surface area contributed by atoms with Gasteiger partial charge in [0.1, 0.15) is 0 Å². The summed E-state index contributed by atoms with van der Waals surface area (Å²) in [5.41, 5.74) is 3.12. The molecule has 0 N–H and O–H groups in total. The van der Waals surface area contributed by atoms with Crippen LogP contribution in [-0.2, 0) is 0 Å². The first-order chi connectivity index (χ1) is 8.90. The third kappa shape index (κ3) is 1.59. The smallest absolute Gasteiger partial charge is 0.0111 e. The van der Waals surface area contributed by atoms with Crippen molar-refractivity contribution in [2.75, 3.05) is 0 Å². The van der Waals surface area contributed by atoms with Gasteiger partial charge in [-0.05, 0) is 53.9 Å². The van der Waals surface area contributed by atoms with E-state index in [1.807, 2.05) is 0 Å². The van der Waals surface area contributed by atoms with Crippen LogP contribution in [0, 0.1) is 11.8 Å². The number of hydrogen-bond donors (Lipinski definition) is 0. The van der Waals surface area contributed by atoms with Crippen LogP contribution in [0.2, 0.25) is 0 Å². The molecule has 0 heterocycles. The highest BCUT2D eigenvalue weighted by Crippen LogP contribution is 2.48. The number of fused-ring (bicyclic) bond motifs is 3. The highest BCUT2D eigenvalue weighted by molar-refractivity contribution is 5.90. The molecular weight excluding hydrogens is 216 g/mol. The second-order valence-electron chi connectivity index (χ2n) is 5.87. The van der Waals surface area contributed by atoms with Crippen molar-refractivity contribution in [3.63, 3.8) is 0 Å². The largest absolute Gasteiger partial charge is 0.0662 e. The average molecular weight is 234 g/mol. The minimum absolute atomic E-state index is 0.897. The molecule has 0 heteroatoms. The third-order valence-corrected chi connectivity index (χ3v) is 4.75. The number of rotatable bonds is 1. The zero-order chi connectivity index (χ0) is 11.9. The second kappa shape index (κ2) is 3.98. The van der Waals surface area contributed by atoms with Gasteiger partial charge < -0.3 is 0 Å². The summed E-state index contributed by atoms with van der Waals surface area (Å²) in [7, 11) is 0. The Hall–Kier alpha value is -1.56. The summed E-state index contributed by atoms with van der Waals surface area (Å²) in [6.07, 6.45) is 8.19. The molecule has 2 aromatic carbocycles. The van der Waals surface area contributed by atoms with Crippen molar-refractivity contribution in [1.29, 1.82) is 0 Å². The van der Waals surface area contributed by atoms with Gasteiger partial charge in [-0.25, -0.2) is 0 Å². The molecule has 0 nitrogen and oxygen atoms in total. The van der Waals surface area contributed by atoms with Crippen LogP contribution in [0.4, 0.5) is 0 Å². The second-order valence-corrected chi connectivity index (χ2v) is 5.87. The van der Waals surface area contributed by atoms with Crippen LogP contribution in [0.15, 0.2) is 48.0 Å². The zero-order valence-electron chi connectivity index (χ0n) is 10.6. The predicted octanol–water partition coefficient (Wildman–Crippen LogP) is 5.04. The first-order valence-corrected chi connectivity index (χ1v) is 7.08. The lowest BCUT2D eigenvalue weighted by atomic mass is 9.92. The summed E-state index contributed by atoms with van der Waals surface area (Å²) in [5, 5.41) is 2.75. The summed E-state index contributed by atoms with van der Waals surface area (Å²) < 4.78 is 0. The molecule has 2 saturated carbocycles. The van der Waals surface area contributed by atoms with Crippen LogP contribution < -0.4 is 0 Å². The van der Waals surface area contributed by atoms with Crippen molar-refractivity contribution in [2.45, 2.75) is 25.7 Å². The third-order valence-electron chi connectivity index (χ3n) is 4.75. The van der Waals surface area contributed by atoms with Gasteiger partial charge in [0.2, 0.25) is 0 Å². The predicted molar refractivity (Wildman–Crippen MR) is 77.4 cm³/mol. The molecule has 2 aliphatic carbocycles. The van der Waals surface area contributed by atoms with Gasteiger partial charge in [0, 0.05) is 0 Å². The summed E-state index contributed by atoms with van der Waals surface area (Å²) in [4.78, 5) is 0. The molecule has 2 bridgehead atoms. The van der Waals surface area contributed by atoms with E-state index in [2.05, 4.69) is 48.5 Å². The molecule has 18 heavy (non-hydrogen) atoms. The Bertz CT molecular complexity index is 615. The fourth-order valence-electron chi connectivity index (χ4n) is 3.85. The fraction of sp³-hybridized carbons (Fsp3) is 0.333. The molecule has 2 aromatic rings. The molecule has 0 aromatic heterocycles. The van der Waals surface area contributed by atoms with Gasteiger partial charge >= 0.3 is 0 Å². The van der Waals surface area contributed by atoms with Crippen LogP contribution in [0.5, 0.6) is 0 Å². The highest BCUT2D eigenvalue weighted by Gasteiger charge is 2.34. The minimum Gasteiger partial charge on any atom is -0.0662 e. The molecule has 2 fully saturated rings. The minimum atomic E-state index is 0.897. The molecule has 0 radical (unpaired) electrons. The van der Waals surface area contributed by atoms with E-state index in [-0.39, 0.29) is 0 Å². The van der Waals surface area contributed by atoms with Crippen molar-refractivity contribution < 1.29 is 0 Å². The average Bonchev–Trinajstić information content (AvgIpc) is 3.01. The van der Waals surface area contributed by atoms with Gasteiger partial charge in [0.05, 0.1) is 0 Å². The maximum Gasteiger partial charge on any atom is -0.0111 e. The summed E-state index contributed by atoms with van der Waals surface area (Å²) in [5.74, 6) is 1.89. The quantitative estimate of drug-likeness (QED) is 0.648. The molecule has 0 saturated heterocycles. The van der Waals surface area contributed by atoms with Crippen molar-refractivity contribution >= 4 is 16.8 Å². The number of hydrogen-bond acceptors (Lipinski definition) is 0. The Morgan fingerprint density at radius 1 is 0.944 bits per heavy atom. The van der Waals surface area contributed by atoms with Gasteiger partial charge in [-0.2, -0.15) is 0 Å². The van der Waals surface area contributed by atoms with Crippen LogP contribution in [0.3, 0.4) is 0 Å². The molecule has 0 amide bonds. The molecule has 2 aliphatic rings. The molecule has 4 rings (SSSR count). The number of benzene rings is 2. The Balaban J connectivity index is 1.81. The maximum absolute atomic E-state index is 2.48. The topological polar surface area (TPSA) is 0 Å². The SMILES string of the molecule is C(=C1/CC2CCC1C2)/c1cccc2ccccc12. The first-order valence-electron chi connectivity index (χ1n) is 7.08. The van der Waals surface area contributed by atoms with E-state index in [0.29, 0.717) is 0 Å².